The SMILES string of the molecule is C[C@]12C=C/C(=N/OCC(=O)N[C@H](Cc3c[nH]c4ccccc34)C(=O)O)C=C1CC[C@@H]1[C@@H]2CC[C@@]2(C)[C@H]1CC[C@]2(C)O. The molecule has 2 aromatic rings. The molecule has 6 rings (SSSR count). The van der Waals surface area contributed by atoms with Crippen molar-refractivity contribution >= 4 is 28.5 Å². The summed E-state index contributed by atoms with van der Waals surface area (Å²) in [7, 11) is 0. The second kappa shape index (κ2) is 10.2. The van der Waals surface area contributed by atoms with E-state index in [1.807, 2.05) is 37.3 Å². The molecule has 4 aliphatic carbocycles. The maximum atomic E-state index is 12.6. The lowest BCUT2D eigenvalue weighted by Gasteiger charge is -2.58. The number of amides is 1. The zero-order valence-electron chi connectivity index (χ0n) is 24.2. The number of para-hydroxylation sites is 1. The molecule has 3 fully saturated rings. The molecule has 4 N–H and O–H groups in total. The first-order valence-corrected chi connectivity index (χ1v) is 14.9. The number of oxime groups is 1. The smallest absolute Gasteiger partial charge is 0.326 e. The topological polar surface area (TPSA) is 124 Å². The molecule has 0 radical (unpaired) electrons. The third kappa shape index (κ3) is 4.70. The summed E-state index contributed by atoms with van der Waals surface area (Å²) in [4.78, 5) is 33.0. The number of nitrogens with zero attached hydrogens (tertiary/aromatic N) is 1. The fraction of sp³-hybridized carbons (Fsp3) is 0.545. The van der Waals surface area contributed by atoms with Crippen LogP contribution in [0.5, 0.6) is 0 Å². The van der Waals surface area contributed by atoms with Crippen LogP contribution in [0.15, 0.2) is 59.4 Å². The van der Waals surface area contributed by atoms with Crippen LogP contribution in [0.2, 0.25) is 0 Å². The molecule has 0 spiro atoms. The van der Waals surface area contributed by atoms with Crippen molar-refractivity contribution in [2.24, 2.45) is 33.7 Å². The van der Waals surface area contributed by atoms with E-state index in [1.165, 1.54) is 5.57 Å². The number of hydrogen-bond acceptors (Lipinski definition) is 5. The van der Waals surface area contributed by atoms with Gasteiger partial charge < -0.3 is 25.4 Å². The zero-order chi connectivity index (χ0) is 29.0. The number of carboxylic acid groups (broad SMARTS) is 1. The molecule has 0 bridgehead atoms. The van der Waals surface area contributed by atoms with Crippen LogP contribution in [0.1, 0.15) is 64.9 Å². The molecule has 218 valence electrons. The molecule has 1 amide bonds. The number of allylic oxidation sites excluding steroid dienone is 4. The Hall–Kier alpha value is -3.39. The van der Waals surface area contributed by atoms with Gasteiger partial charge in [0.1, 0.15) is 11.8 Å². The first-order valence-electron chi connectivity index (χ1n) is 14.9. The van der Waals surface area contributed by atoms with E-state index in [1.54, 1.807) is 6.20 Å². The Balaban J connectivity index is 1.07. The number of aromatic amines is 1. The van der Waals surface area contributed by atoms with Crippen LogP contribution >= 0.6 is 0 Å². The van der Waals surface area contributed by atoms with Gasteiger partial charge in [0.05, 0.1) is 5.60 Å². The van der Waals surface area contributed by atoms with Crippen LogP contribution in [0.25, 0.3) is 10.9 Å². The number of H-pyrrole nitrogens is 1. The molecule has 0 unspecified atom stereocenters. The number of carbonyl (C=O) groups excluding carboxylic acids is 1. The molecule has 1 heterocycles. The number of aromatic nitrogens is 1. The molecule has 3 saturated carbocycles. The quantitative estimate of drug-likeness (QED) is 0.350. The maximum absolute atomic E-state index is 12.6. The standard InChI is InChI=1S/C33H41N3O5/c1-31-13-10-22(17-21(31)8-9-24-25(31)11-14-32(2)26(24)12-15-33(32,3)40)36-41-19-29(37)35-28(30(38)39)16-20-18-34-27-7-5-4-6-23(20)27/h4-7,10,13,17-18,24-26,28,34,40H,8-9,11-12,14-16,19H2,1-3H3,(H,35,37)(H,38,39)/b36-22-/t24-,25+,26+,28-,31+,32+,33+/m1/s1. The normalized spacial score (nSPS) is 35.8. The van der Waals surface area contributed by atoms with Crippen molar-refractivity contribution in [3.8, 4) is 0 Å². The van der Waals surface area contributed by atoms with E-state index in [4.69, 9.17) is 4.84 Å². The first-order chi connectivity index (χ1) is 19.5. The van der Waals surface area contributed by atoms with Crippen molar-refractivity contribution in [2.45, 2.75) is 77.4 Å². The van der Waals surface area contributed by atoms with Crippen LogP contribution in [0.3, 0.4) is 0 Å². The third-order valence-corrected chi connectivity index (χ3v) is 11.2. The van der Waals surface area contributed by atoms with E-state index in [0.717, 1.165) is 55.0 Å². The van der Waals surface area contributed by atoms with Gasteiger partial charge in [-0.3, -0.25) is 4.79 Å². The predicted octanol–water partition coefficient (Wildman–Crippen LogP) is 5.14. The highest BCUT2D eigenvalue weighted by Gasteiger charge is 2.62. The Morgan fingerprint density at radius 2 is 1.93 bits per heavy atom. The van der Waals surface area contributed by atoms with Crippen molar-refractivity contribution in [3.05, 3.63) is 59.8 Å². The Kier molecular flexibility index (Phi) is 6.88. The number of carboxylic acids is 1. The van der Waals surface area contributed by atoms with E-state index < -0.39 is 23.5 Å². The average Bonchev–Trinajstić information content (AvgIpc) is 3.45. The van der Waals surface area contributed by atoms with Gasteiger partial charge >= 0.3 is 5.97 Å². The van der Waals surface area contributed by atoms with Crippen LogP contribution in [-0.4, -0.2) is 51.0 Å². The second-order valence-electron chi connectivity index (χ2n) is 13.3. The van der Waals surface area contributed by atoms with Gasteiger partial charge in [-0.1, -0.05) is 48.9 Å². The third-order valence-electron chi connectivity index (χ3n) is 11.2. The van der Waals surface area contributed by atoms with Gasteiger partial charge in [0.2, 0.25) is 0 Å². The van der Waals surface area contributed by atoms with E-state index >= 15 is 0 Å². The molecule has 1 aromatic heterocycles. The van der Waals surface area contributed by atoms with Crippen molar-refractivity contribution in [2.75, 3.05) is 6.61 Å². The summed E-state index contributed by atoms with van der Waals surface area (Å²) in [5.74, 6) is 0.0834. The van der Waals surface area contributed by atoms with Gasteiger partial charge in [0, 0.05) is 28.9 Å². The number of aliphatic carboxylic acids is 1. The van der Waals surface area contributed by atoms with Gasteiger partial charge in [-0.15, -0.1) is 0 Å². The van der Waals surface area contributed by atoms with Crippen molar-refractivity contribution in [3.63, 3.8) is 0 Å². The summed E-state index contributed by atoms with van der Waals surface area (Å²) >= 11 is 0. The number of carbonyl (C=O) groups is 2. The molecule has 4 aliphatic rings. The van der Waals surface area contributed by atoms with Gasteiger partial charge in [0.15, 0.2) is 6.61 Å². The zero-order valence-corrected chi connectivity index (χ0v) is 24.2. The number of aliphatic hydroxyl groups is 1. The highest BCUT2D eigenvalue weighted by molar-refractivity contribution is 6.05. The average molecular weight is 560 g/mol. The van der Waals surface area contributed by atoms with E-state index in [2.05, 4.69) is 41.5 Å². The number of benzene rings is 1. The van der Waals surface area contributed by atoms with Gasteiger partial charge in [-0.25, -0.2) is 4.79 Å². The fourth-order valence-electron chi connectivity index (χ4n) is 8.63. The first kappa shape index (κ1) is 27.8. The van der Waals surface area contributed by atoms with E-state index in [9.17, 15) is 19.8 Å². The summed E-state index contributed by atoms with van der Waals surface area (Å²) in [5.41, 5.74) is 3.16. The van der Waals surface area contributed by atoms with Crippen molar-refractivity contribution in [1.82, 2.24) is 10.3 Å². The highest BCUT2D eigenvalue weighted by Crippen LogP contribution is 2.66. The highest BCUT2D eigenvalue weighted by atomic mass is 16.6. The van der Waals surface area contributed by atoms with E-state index in [-0.39, 0.29) is 23.9 Å². The lowest BCUT2D eigenvalue weighted by molar-refractivity contribution is -0.142. The lowest BCUT2D eigenvalue weighted by Crippen LogP contribution is -2.53. The molecule has 8 nitrogen and oxygen atoms in total. The Morgan fingerprint density at radius 1 is 1.15 bits per heavy atom. The summed E-state index contributed by atoms with van der Waals surface area (Å²) in [6.07, 6.45) is 14.6. The molecule has 0 saturated heterocycles. The van der Waals surface area contributed by atoms with Crippen LogP contribution in [0, 0.1) is 28.6 Å². The number of nitrogens with one attached hydrogen (secondary N) is 2. The number of fused-ring (bicyclic) bond motifs is 6. The molecular weight excluding hydrogens is 518 g/mol. The predicted molar refractivity (Wildman–Crippen MR) is 157 cm³/mol. The largest absolute Gasteiger partial charge is 0.480 e. The van der Waals surface area contributed by atoms with Crippen molar-refractivity contribution < 1.29 is 24.6 Å². The minimum atomic E-state index is -1.10. The molecule has 1 aromatic carbocycles. The second-order valence-corrected chi connectivity index (χ2v) is 13.3. The lowest BCUT2D eigenvalue weighted by atomic mass is 9.47. The summed E-state index contributed by atoms with van der Waals surface area (Å²) in [5, 5.41) is 28.6. The molecule has 0 aliphatic heterocycles. The Morgan fingerprint density at radius 3 is 2.73 bits per heavy atom. The van der Waals surface area contributed by atoms with Gasteiger partial charge in [-0.2, -0.15) is 0 Å². The monoisotopic (exact) mass is 559 g/mol. The fourth-order valence-corrected chi connectivity index (χ4v) is 8.63. The van der Waals surface area contributed by atoms with Crippen LogP contribution in [-0.2, 0) is 20.8 Å². The minimum absolute atomic E-state index is 0.000224. The van der Waals surface area contributed by atoms with Crippen molar-refractivity contribution in [1.29, 1.82) is 0 Å². The number of hydrogen-bond donors (Lipinski definition) is 4. The van der Waals surface area contributed by atoms with Crippen LogP contribution in [0.4, 0.5) is 0 Å². The van der Waals surface area contributed by atoms with Gasteiger partial charge in [0.25, 0.3) is 5.91 Å². The Labute approximate surface area is 240 Å². The number of rotatable bonds is 7. The molecule has 7 atom stereocenters. The van der Waals surface area contributed by atoms with Crippen LogP contribution < -0.4 is 5.32 Å². The minimum Gasteiger partial charge on any atom is -0.480 e. The summed E-state index contributed by atoms with van der Waals surface area (Å²) in [6.45, 7) is 6.33. The summed E-state index contributed by atoms with van der Waals surface area (Å²) < 4.78 is 0. The van der Waals surface area contributed by atoms with Gasteiger partial charge in [-0.05, 0) is 92.4 Å². The summed E-state index contributed by atoms with van der Waals surface area (Å²) in [6, 6.07) is 6.58. The van der Waals surface area contributed by atoms with E-state index in [0.29, 0.717) is 23.5 Å². The maximum Gasteiger partial charge on any atom is 0.326 e. The molecule has 8 heteroatoms. The Bertz CT molecular complexity index is 1450. The molecule has 41 heavy (non-hydrogen) atoms. The molecular formula is C33H41N3O5.